The van der Waals surface area contributed by atoms with E-state index in [0.29, 0.717) is 24.9 Å². The van der Waals surface area contributed by atoms with Crippen LogP contribution in [0.5, 0.6) is 0 Å². The molecule has 0 amide bonds. The van der Waals surface area contributed by atoms with Crippen LogP contribution in [0.4, 0.5) is 13.2 Å². The Morgan fingerprint density at radius 1 is 1.16 bits per heavy atom. The highest BCUT2D eigenvalue weighted by atomic mass is 19.4. The molecule has 0 bridgehead atoms. The molecule has 240 valence electrons. The Morgan fingerprint density at radius 3 is 2.52 bits per heavy atom. The monoisotopic (exact) mass is 616 g/mol. The van der Waals surface area contributed by atoms with E-state index in [9.17, 15) is 22.8 Å². The molecule has 0 aromatic heterocycles. The molecule has 2 saturated carbocycles. The van der Waals surface area contributed by atoms with Gasteiger partial charge < -0.3 is 18.9 Å². The third-order valence-electron chi connectivity index (χ3n) is 11.2. The molecule has 2 fully saturated rings. The largest absolute Gasteiger partial charge is 0.432 e. The maximum absolute atomic E-state index is 14.4. The molecule has 1 aromatic rings. The van der Waals surface area contributed by atoms with Crippen LogP contribution in [-0.4, -0.2) is 44.2 Å². The molecule has 44 heavy (non-hydrogen) atoms. The first-order chi connectivity index (χ1) is 20.8. The van der Waals surface area contributed by atoms with Gasteiger partial charge in [-0.1, -0.05) is 69.3 Å². The number of benzene rings is 1. The van der Waals surface area contributed by atoms with E-state index in [0.717, 1.165) is 50.2 Å². The molecule has 2 aliphatic carbocycles. The number of hydrogen-bond donors (Lipinski definition) is 0. The second-order valence-corrected chi connectivity index (χ2v) is 13.4. The zero-order valence-electron chi connectivity index (χ0n) is 26.0. The van der Waals surface area contributed by atoms with Crippen molar-refractivity contribution >= 4 is 11.9 Å². The van der Waals surface area contributed by atoms with Gasteiger partial charge in [-0.15, -0.1) is 0 Å². The SMILES string of the molecule is C=C1CCC[C@@H]2[C@@](C)(CCC3=CC[C@H](C4=CC(=O)O[C@H]4OC(=O)[C@](OC)(c4ccccc4)C(F)(F)F)OC3)[C@@H](C)CC[C@@]12C. The van der Waals surface area contributed by atoms with Crippen molar-refractivity contribution in [2.45, 2.75) is 96.3 Å². The molecule has 6 nitrogen and oxygen atoms in total. The molecule has 5 rings (SSSR count). The molecular formula is C35H43F3O6. The average Bonchev–Trinajstić information content (AvgIpc) is 3.35. The van der Waals surface area contributed by atoms with E-state index < -0.39 is 41.7 Å². The maximum atomic E-state index is 14.4. The molecule has 0 N–H and O–H groups in total. The van der Waals surface area contributed by atoms with Gasteiger partial charge in [-0.2, -0.15) is 13.2 Å². The molecule has 2 heterocycles. The van der Waals surface area contributed by atoms with E-state index in [1.807, 2.05) is 0 Å². The van der Waals surface area contributed by atoms with Gasteiger partial charge in [0.2, 0.25) is 0 Å². The van der Waals surface area contributed by atoms with E-state index in [2.05, 4.69) is 33.4 Å². The number of fused-ring (bicyclic) bond motifs is 1. The Kier molecular flexibility index (Phi) is 8.95. The van der Waals surface area contributed by atoms with E-state index in [-0.39, 0.29) is 16.4 Å². The lowest BCUT2D eigenvalue weighted by molar-refractivity contribution is -0.281. The summed E-state index contributed by atoms with van der Waals surface area (Å²) < 4.78 is 64.4. The van der Waals surface area contributed by atoms with Crippen molar-refractivity contribution in [3.8, 4) is 0 Å². The molecule has 9 heteroatoms. The van der Waals surface area contributed by atoms with Crippen LogP contribution in [0, 0.1) is 22.7 Å². The normalized spacial score (nSPS) is 33.9. The van der Waals surface area contributed by atoms with Crippen LogP contribution in [0.15, 0.2) is 65.8 Å². The van der Waals surface area contributed by atoms with Crippen LogP contribution in [0.2, 0.25) is 0 Å². The van der Waals surface area contributed by atoms with Crippen LogP contribution in [-0.2, 0) is 34.1 Å². The second kappa shape index (κ2) is 12.1. The van der Waals surface area contributed by atoms with E-state index in [1.54, 1.807) is 0 Å². The lowest BCUT2D eigenvalue weighted by Gasteiger charge is -2.59. The summed E-state index contributed by atoms with van der Waals surface area (Å²) in [6.07, 6.45) is 3.91. The van der Waals surface area contributed by atoms with Crippen molar-refractivity contribution in [1.82, 2.24) is 0 Å². The molecule has 2 aliphatic heterocycles. The summed E-state index contributed by atoms with van der Waals surface area (Å²) in [4.78, 5) is 25.4. The Morgan fingerprint density at radius 2 is 1.89 bits per heavy atom. The summed E-state index contributed by atoms with van der Waals surface area (Å²) in [6, 6.07) is 6.51. The highest BCUT2D eigenvalue weighted by Gasteiger charge is 2.65. The van der Waals surface area contributed by atoms with Crippen LogP contribution >= 0.6 is 0 Å². The summed E-state index contributed by atoms with van der Waals surface area (Å²) >= 11 is 0. The number of cyclic esters (lactones) is 1. The number of carbonyl (C=O) groups is 2. The quantitative estimate of drug-likeness (QED) is 0.220. The van der Waals surface area contributed by atoms with E-state index in [4.69, 9.17) is 18.9 Å². The van der Waals surface area contributed by atoms with Crippen molar-refractivity contribution in [2.75, 3.05) is 13.7 Å². The minimum Gasteiger partial charge on any atom is -0.418 e. The maximum Gasteiger partial charge on any atom is 0.432 e. The molecule has 7 atom stereocenters. The molecule has 0 saturated heterocycles. The fourth-order valence-corrected chi connectivity index (χ4v) is 8.15. The number of hydrogen-bond acceptors (Lipinski definition) is 6. The highest BCUT2D eigenvalue weighted by Crippen LogP contribution is 2.63. The van der Waals surface area contributed by atoms with Crippen LogP contribution in [0.3, 0.4) is 0 Å². The minimum atomic E-state index is -5.15. The Labute approximate surface area is 257 Å². The van der Waals surface area contributed by atoms with Gasteiger partial charge in [-0.05, 0) is 79.6 Å². The smallest absolute Gasteiger partial charge is 0.418 e. The lowest BCUT2D eigenvalue weighted by Crippen LogP contribution is -2.52. The molecule has 0 unspecified atom stereocenters. The number of rotatable bonds is 8. The number of carbonyl (C=O) groups excluding carboxylic acids is 2. The number of methoxy groups -OCH3 is 1. The molecular weight excluding hydrogens is 573 g/mol. The summed E-state index contributed by atoms with van der Waals surface area (Å²) in [5.74, 6) is -1.36. The van der Waals surface area contributed by atoms with Gasteiger partial charge in [0.1, 0.15) is 0 Å². The number of alkyl halides is 3. The van der Waals surface area contributed by atoms with Gasteiger partial charge in [0.05, 0.1) is 12.7 Å². The second-order valence-electron chi connectivity index (χ2n) is 13.4. The Hall–Kier alpha value is -2.91. The van der Waals surface area contributed by atoms with Crippen molar-refractivity contribution in [3.63, 3.8) is 0 Å². The molecule has 0 spiro atoms. The first-order valence-corrected chi connectivity index (χ1v) is 15.5. The third-order valence-corrected chi connectivity index (χ3v) is 11.2. The number of ether oxygens (including phenoxy) is 4. The average molecular weight is 617 g/mol. The first kappa shape index (κ1) is 32.5. The van der Waals surface area contributed by atoms with Gasteiger partial charge in [-0.3, -0.25) is 0 Å². The topological polar surface area (TPSA) is 71.1 Å². The third kappa shape index (κ3) is 5.55. The fourth-order valence-electron chi connectivity index (χ4n) is 8.15. The Bertz CT molecular complexity index is 1340. The number of esters is 2. The summed E-state index contributed by atoms with van der Waals surface area (Å²) in [7, 11) is 0.787. The summed E-state index contributed by atoms with van der Waals surface area (Å²) in [5.41, 5.74) is -0.778. The van der Waals surface area contributed by atoms with E-state index in [1.165, 1.54) is 49.5 Å². The van der Waals surface area contributed by atoms with Gasteiger partial charge >= 0.3 is 18.1 Å². The zero-order chi connectivity index (χ0) is 31.9. The lowest BCUT2D eigenvalue weighted by atomic mass is 9.46. The van der Waals surface area contributed by atoms with Crippen molar-refractivity contribution in [1.29, 1.82) is 0 Å². The fraction of sp³-hybridized carbons (Fsp3) is 0.600. The number of halogens is 3. The summed E-state index contributed by atoms with van der Waals surface area (Å²) in [5, 5.41) is 0. The van der Waals surface area contributed by atoms with Gasteiger partial charge in [-0.25, -0.2) is 9.59 Å². The van der Waals surface area contributed by atoms with Gasteiger partial charge in [0.25, 0.3) is 11.9 Å². The predicted octanol–water partition coefficient (Wildman–Crippen LogP) is 7.74. The van der Waals surface area contributed by atoms with Crippen molar-refractivity contribution < 1.29 is 41.7 Å². The van der Waals surface area contributed by atoms with Crippen LogP contribution < -0.4 is 0 Å². The van der Waals surface area contributed by atoms with Gasteiger partial charge in [0.15, 0.2) is 0 Å². The Balaban J connectivity index is 1.27. The van der Waals surface area contributed by atoms with Crippen molar-refractivity contribution in [3.05, 3.63) is 71.3 Å². The van der Waals surface area contributed by atoms with Gasteiger partial charge in [0, 0.05) is 24.3 Å². The summed E-state index contributed by atoms with van der Waals surface area (Å²) in [6.45, 7) is 12.0. The highest BCUT2D eigenvalue weighted by molar-refractivity contribution is 5.87. The molecule has 0 radical (unpaired) electrons. The zero-order valence-corrected chi connectivity index (χ0v) is 26.0. The van der Waals surface area contributed by atoms with Crippen LogP contribution in [0.25, 0.3) is 0 Å². The predicted molar refractivity (Wildman–Crippen MR) is 158 cm³/mol. The standard InChI is InChI=1S/C35H43F3O6/c1-22-10-9-13-28-32(22,3)18-16-23(2)33(28,4)19-17-24-14-15-27(42-21-24)26-20-29(39)43-30(26)44-31(40)34(41-5,35(36,37)38)25-11-7-6-8-12-25/h6-8,11-12,14,20,23,27-28,30H,1,9-10,13,15-19,21H2,2-5H3/t23-,27+,28-,30-,32-,33-,34+/m0/s1. The van der Waals surface area contributed by atoms with E-state index >= 15 is 0 Å². The molecule has 1 aromatic carbocycles. The molecule has 4 aliphatic rings. The van der Waals surface area contributed by atoms with Crippen LogP contribution in [0.1, 0.15) is 77.7 Å². The first-order valence-electron chi connectivity index (χ1n) is 15.5. The number of allylic oxidation sites excluding steroid dienone is 1. The minimum absolute atomic E-state index is 0.170. The van der Waals surface area contributed by atoms with Crippen molar-refractivity contribution in [2.24, 2.45) is 22.7 Å².